The van der Waals surface area contributed by atoms with Crippen molar-refractivity contribution in [2.45, 2.75) is 33.7 Å². The van der Waals surface area contributed by atoms with Gasteiger partial charge in [0.15, 0.2) is 5.76 Å². The Hall–Kier alpha value is -1.52. The molecule has 1 aliphatic rings. The van der Waals surface area contributed by atoms with E-state index >= 15 is 0 Å². The van der Waals surface area contributed by atoms with Crippen LogP contribution in [-0.2, 0) is 14.3 Å². The third-order valence-corrected chi connectivity index (χ3v) is 3.06. The van der Waals surface area contributed by atoms with E-state index < -0.39 is 17.6 Å². The van der Waals surface area contributed by atoms with Crippen molar-refractivity contribution in [3.8, 4) is 0 Å². The quantitative estimate of drug-likeness (QED) is 0.752. The lowest BCUT2D eigenvalue weighted by molar-refractivity contribution is -0.138. The van der Waals surface area contributed by atoms with E-state index in [-0.39, 0.29) is 30.7 Å². The minimum Gasteiger partial charge on any atom is -0.503 e. The molecule has 0 fully saturated rings. The van der Waals surface area contributed by atoms with Crippen LogP contribution in [0.2, 0.25) is 0 Å². The molecule has 0 radical (unpaired) electrons. The van der Waals surface area contributed by atoms with Crippen molar-refractivity contribution in [1.29, 1.82) is 0 Å². The monoisotopic (exact) mass is 241 g/mol. The van der Waals surface area contributed by atoms with Gasteiger partial charge < -0.3 is 14.7 Å². The Bertz CT molecular complexity index is 360. The number of nitrogens with zero attached hydrogens (tertiary/aromatic N) is 1. The number of aliphatic hydroxyl groups excluding tert-OH is 1. The molecule has 5 heteroatoms. The minimum absolute atomic E-state index is 0.0309. The van der Waals surface area contributed by atoms with Gasteiger partial charge in [-0.15, -0.1) is 0 Å². The fourth-order valence-electron chi connectivity index (χ4n) is 1.65. The van der Waals surface area contributed by atoms with Gasteiger partial charge in [-0.05, 0) is 19.8 Å². The highest BCUT2D eigenvalue weighted by molar-refractivity contribution is 6.05. The first-order valence-electron chi connectivity index (χ1n) is 5.80. The zero-order valence-electron chi connectivity index (χ0n) is 10.7. The molecule has 1 amide bonds. The van der Waals surface area contributed by atoms with Gasteiger partial charge in [0, 0.05) is 6.04 Å². The van der Waals surface area contributed by atoms with Crippen LogP contribution in [0.1, 0.15) is 27.7 Å². The normalized spacial score (nSPS) is 17.9. The Kier molecular flexibility index (Phi) is 4.15. The summed E-state index contributed by atoms with van der Waals surface area (Å²) < 4.78 is 4.80. The first-order valence-corrected chi connectivity index (χ1v) is 5.80. The van der Waals surface area contributed by atoms with Crippen molar-refractivity contribution in [3.63, 3.8) is 0 Å². The van der Waals surface area contributed by atoms with Crippen molar-refractivity contribution in [2.75, 3.05) is 13.2 Å². The Morgan fingerprint density at radius 3 is 2.53 bits per heavy atom. The molecule has 96 valence electrons. The van der Waals surface area contributed by atoms with E-state index in [9.17, 15) is 14.7 Å². The van der Waals surface area contributed by atoms with E-state index in [4.69, 9.17) is 4.74 Å². The van der Waals surface area contributed by atoms with Crippen molar-refractivity contribution in [1.82, 2.24) is 4.90 Å². The number of hydrogen-bond acceptors (Lipinski definition) is 4. The van der Waals surface area contributed by atoms with Gasteiger partial charge in [-0.1, -0.05) is 13.8 Å². The van der Waals surface area contributed by atoms with Gasteiger partial charge in [-0.3, -0.25) is 4.79 Å². The molecular formula is C12H19NO4. The third-order valence-electron chi connectivity index (χ3n) is 3.06. The number of ether oxygens (including phenoxy) is 1. The second-order valence-electron chi connectivity index (χ2n) is 4.47. The van der Waals surface area contributed by atoms with E-state index in [0.717, 1.165) is 0 Å². The summed E-state index contributed by atoms with van der Waals surface area (Å²) in [6, 6.07) is -0.0309. The van der Waals surface area contributed by atoms with Gasteiger partial charge >= 0.3 is 5.97 Å². The topological polar surface area (TPSA) is 66.8 Å². The Morgan fingerprint density at radius 1 is 1.47 bits per heavy atom. The molecule has 1 aliphatic heterocycles. The number of carbonyl (C=O) groups excluding carboxylic acids is 2. The standard InChI is InChI=1S/C12H19NO4/c1-5-17-12(16)9-6-13(8(4)7(2)3)11(15)10(9)14/h7-8,14H,5-6H2,1-4H3/t8-/m0/s1. The maximum atomic E-state index is 11.8. The van der Waals surface area contributed by atoms with Crippen LogP contribution in [0.4, 0.5) is 0 Å². The van der Waals surface area contributed by atoms with Gasteiger partial charge in [-0.2, -0.15) is 0 Å². The van der Waals surface area contributed by atoms with Crippen LogP contribution in [0.25, 0.3) is 0 Å². The lowest BCUT2D eigenvalue weighted by Gasteiger charge is -2.27. The zero-order valence-corrected chi connectivity index (χ0v) is 10.7. The van der Waals surface area contributed by atoms with Crippen LogP contribution in [0, 0.1) is 5.92 Å². The van der Waals surface area contributed by atoms with E-state index in [0.29, 0.717) is 0 Å². The average molecular weight is 241 g/mol. The summed E-state index contributed by atoms with van der Waals surface area (Å²) in [5.41, 5.74) is 0.0596. The molecule has 1 N–H and O–H groups in total. The maximum Gasteiger partial charge on any atom is 0.339 e. The molecule has 0 saturated heterocycles. The molecule has 0 bridgehead atoms. The van der Waals surface area contributed by atoms with Gasteiger partial charge in [0.1, 0.15) is 5.57 Å². The fourth-order valence-corrected chi connectivity index (χ4v) is 1.65. The highest BCUT2D eigenvalue weighted by Crippen LogP contribution is 2.23. The molecule has 1 heterocycles. The number of hydrogen-bond donors (Lipinski definition) is 1. The van der Waals surface area contributed by atoms with E-state index in [2.05, 4.69) is 0 Å². The number of rotatable bonds is 4. The van der Waals surface area contributed by atoms with Gasteiger partial charge in [0.25, 0.3) is 5.91 Å². The summed E-state index contributed by atoms with van der Waals surface area (Å²) in [4.78, 5) is 24.8. The summed E-state index contributed by atoms with van der Waals surface area (Å²) >= 11 is 0. The molecule has 0 aromatic heterocycles. The van der Waals surface area contributed by atoms with E-state index in [1.807, 2.05) is 20.8 Å². The summed E-state index contributed by atoms with van der Waals surface area (Å²) in [5.74, 6) is -1.32. The number of carbonyl (C=O) groups is 2. The SMILES string of the molecule is CCOC(=O)C1=C(O)C(=O)N([C@@H](C)C(C)C)C1. The first-order chi connectivity index (χ1) is 7.90. The molecule has 0 saturated carbocycles. The number of esters is 1. The highest BCUT2D eigenvalue weighted by atomic mass is 16.5. The number of aliphatic hydroxyl groups is 1. The minimum atomic E-state index is -0.614. The lowest BCUT2D eigenvalue weighted by atomic mass is 10.1. The van der Waals surface area contributed by atoms with Crippen LogP contribution in [-0.4, -0.2) is 41.1 Å². The highest BCUT2D eigenvalue weighted by Gasteiger charge is 2.37. The van der Waals surface area contributed by atoms with Gasteiger partial charge in [0.2, 0.25) is 0 Å². The molecule has 17 heavy (non-hydrogen) atoms. The lowest BCUT2D eigenvalue weighted by Crippen LogP contribution is -2.39. The Morgan fingerprint density at radius 2 is 2.06 bits per heavy atom. The molecule has 0 spiro atoms. The predicted molar refractivity (Wildman–Crippen MR) is 62.3 cm³/mol. The molecule has 0 aromatic rings. The Balaban J connectivity index is 2.84. The summed E-state index contributed by atoms with van der Waals surface area (Å²) in [6.07, 6.45) is 0. The number of amides is 1. The van der Waals surface area contributed by atoms with E-state index in [1.165, 1.54) is 4.90 Å². The van der Waals surface area contributed by atoms with E-state index in [1.54, 1.807) is 6.92 Å². The van der Waals surface area contributed by atoms with Crippen LogP contribution >= 0.6 is 0 Å². The molecule has 0 unspecified atom stereocenters. The van der Waals surface area contributed by atoms with Crippen molar-refractivity contribution in [3.05, 3.63) is 11.3 Å². The van der Waals surface area contributed by atoms with Crippen LogP contribution in [0.3, 0.4) is 0 Å². The second-order valence-corrected chi connectivity index (χ2v) is 4.47. The van der Waals surface area contributed by atoms with Gasteiger partial charge in [0.05, 0.1) is 13.2 Å². The second kappa shape index (κ2) is 5.21. The Labute approximate surface area is 101 Å². The largest absolute Gasteiger partial charge is 0.503 e. The van der Waals surface area contributed by atoms with Crippen molar-refractivity contribution < 1.29 is 19.4 Å². The molecule has 1 atom stereocenters. The smallest absolute Gasteiger partial charge is 0.339 e. The first kappa shape index (κ1) is 13.5. The summed E-state index contributed by atoms with van der Waals surface area (Å²) in [7, 11) is 0. The zero-order chi connectivity index (χ0) is 13.2. The van der Waals surface area contributed by atoms with Crippen LogP contribution < -0.4 is 0 Å². The molecule has 0 aromatic carbocycles. The van der Waals surface area contributed by atoms with Crippen molar-refractivity contribution in [2.24, 2.45) is 5.92 Å². The van der Waals surface area contributed by atoms with Gasteiger partial charge in [-0.25, -0.2) is 4.79 Å². The van der Waals surface area contributed by atoms with Crippen LogP contribution in [0.5, 0.6) is 0 Å². The third kappa shape index (κ3) is 2.60. The molecule has 5 nitrogen and oxygen atoms in total. The summed E-state index contributed by atoms with van der Waals surface area (Å²) in [5, 5.41) is 9.64. The average Bonchev–Trinajstić information content (AvgIpc) is 2.55. The predicted octanol–water partition coefficient (Wildman–Crippen LogP) is 1.25. The molecular weight excluding hydrogens is 222 g/mol. The molecule has 1 rings (SSSR count). The summed E-state index contributed by atoms with van der Waals surface area (Å²) in [6.45, 7) is 7.89. The maximum absolute atomic E-state index is 11.8. The van der Waals surface area contributed by atoms with Crippen molar-refractivity contribution >= 4 is 11.9 Å². The van der Waals surface area contributed by atoms with Crippen LogP contribution in [0.15, 0.2) is 11.3 Å². The fraction of sp³-hybridized carbons (Fsp3) is 0.667. The molecule has 0 aliphatic carbocycles.